The van der Waals surface area contributed by atoms with Gasteiger partial charge < -0.3 is 13.7 Å². The van der Waals surface area contributed by atoms with E-state index in [9.17, 15) is 0 Å². The molecule has 19 aromatic carbocycles. The highest BCUT2D eigenvalue weighted by Crippen LogP contribution is 2.44. The summed E-state index contributed by atoms with van der Waals surface area (Å²) in [6.45, 7) is 7.05. The van der Waals surface area contributed by atoms with Crippen molar-refractivity contribution in [1.29, 1.82) is 0 Å². The lowest BCUT2D eigenvalue weighted by molar-refractivity contribution is 1.01. The van der Waals surface area contributed by atoms with E-state index in [4.69, 9.17) is 0 Å². The Labute approximate surface area is 741 Å². The smallest absolute Gasteiger partial charge is 0.179 e. The lowest BCUT2D eigenvalue weighted by Crippen LogP contribution is -2.74. The van der Waals surface area contributed by atoms with E-state index in [1.165, 1.54) is 189 Å². The van der Waals surface area contributed by atoms with Crippen LogP contribution in [0.3, 0.4) is 0 Å². The Kier molecular flexibility index (Phi) is 20.8. The number of benzene rings is 19. The zero-order valence-electron chi connectivity index (χ0n) is 71.4. The van der Waals surface area contributed by atoms with Crippen molar-refractivity contribution in [2.45, 2.75) is 33.2 Å². The second-order valence-corrected chi connectivity index (χ2v) is 45.5. The lowest BCUT2D eigenvalue weighted by Gasteiger charge is -2.35. The molecule has 0 unspecified atom stereocenters. The van der Waals surface area contributed by atoms with Gasteiger partial charge in [0.15, 0.2) is 16.1 Å². The minimum Gasteiger partial charge on any atom is -0.344 e. The first-order valence-corrected chi connectivity index (χ1v) is 50.6. The molecule has 3 aromatic heterocycles. The summed E-state index contributed by atoms with van der Waals surface area (Å²) in [7, 11) is -5.02. The van der Waals surface area contributed by atoms with Crippen LogP contribution in [0.1, 0.15) is 33.4 Å². The lowest BCUT2D eigenvalue weighted by atomic mass is 10.0. The third kappa shape index (κ3) is 13.6. The van der Waals surface area contributed by atoms with E-state index in [-0.39, 0.29) is 0 Å². The van der Waals surface area contributed by atoms with Crippen molar-refractivity contribution in [3.8, 4) is 33.6 Å². The monoisotopic (exact) mass is 1660 g/mol. The minimum atomic E-state index is -2.64. The molecule has 126 heavy (non-hydrogen) atoms. The molecule has 0 radical (unpaired) electrons. The van der Waals surface area contributed by atoms with Gasteiger partial charge in [0.2, 0.25) is 0 Å². The van der Waals surface area contributed by atoms with Gasteiger partial charge in [-0.1, -0.05) is 425 Å². The molecule has 24 rings (SSSR count). The van der Waals surface area contributed by atoms with Crippen molar-refractivity contribution in [2.24, 2.45) is 7.05 Å². The standard InChI is InChI=1S/2C44H33NSi.C19H18Si.C13H11N/c1-31-27-33(45-43-23-13-11-21-38(43)39-22-12-14-24-44(39)45)29-42-40(31)28-32-25-26-37(30-41(32)42)46(34-15-5-2-6-16-34,35-17-7-3-8-18-35)36-19-9-4-10-20-36;1-31-27-37(46(34-15-5-2-6-16-34,35-17-7-3-8-18-35)36-19-9-4-10-20-36)30-42-40(31)28-32-25-26-33(29-41(32)42)45-43-23-13-11-21-38(43)39-22-12-14-24-44(39)45;1-20(17-11-5-2-6-12-17,18-13-7-3-8-14-18)19-15-9-4-10-16-19;1-14-12-8-4-2-6-10(12)11-7-3-5-9-13(11)14/h2*2-27,29-30H,28H2,1H3;2-16H,1H3;2-9H,1H3. The molecule has 0 bridgehead atoms. The summed E-state index contributed by atoms with van der Waals surface area (Å²) in [6.07, 6.45) is 1.95. The molecular formula is C120H95N3Si3. The van der Waals surface area contributed by atoms with Crippen LogP contribution in [0, 0.1) is 13.8 Å². The van der Waals surface area contributed by atoms with Gasteiger partial charge in [-0.2, -0.15) is 0 Å². The van der Waals surface area contributed by atoms with Crippen molar-refractivity contribution in [3.05, 3.63) is 513 Å². The molecule has 22 aromatic rings. The van der Waals surface area contributed by atoms with Crippen LogP contribution >= 0.6 is 0 Å². The quantitative estimate of drug-likeness (QED) is 0.0807. The van der Waals surface area contributed by atoms with Crippen LogP contribution in [0.25, 0.3) is 99.0 Å². The summed E-state index contributed by atoms with van der Waals surface area (Å²) in [5.41, 5.74) is 24.0. The summed E-state index contributed by atoms with van der Waals surface area (Å²) in [5, 5.41) is 23.5. The zero-order chi connectivity index (χ0) is 84.7. The highest BCUT2D eigenvalue weighted by atomic mass is 28.3. The predicted octanol–water partition coefficient (Wildman–Crippen LogP) is 22.2. The molecule has 2 aliphatic rings. The number of nitrogens with zero attached hydrogens (tertiary/aromatic N) is 3. The fraction of sp³-hybridized carbons (Fsp3) is 0.0500. The molecule has 0 saturated carbocycles. The number of hydrogen-bond donors (Lipinski definition) is 0. The van der Waals surface area contributed by atoms with Gasteiger partial charge in [-0.25, -0.2) is 0 Å². The molecular weight excluding hydrogens is 1570 g/mol. The van der Waals surface area contributed by atoms with E-state index in [0.717, 1.165) is 12.8 Å². The Balaban J connectivity index is 0.000000113. The maximum atomic E-state index is 2.56. The molecule has 602 valence electrons. The second kappa shape index (κ2) is 33.5. The van der Waals surface area contributed by atoms with E-state index < -0.39 is 24.2 Å². The number of aryl methyl sites for hydroxylation is 3. The molecule has 0 N–H and O–H groups in total. The first-order valence-electron chi connectivity index (χ1n) is 44.1. The van der Waals surface area contributed by atoms with Crippen LogP contribution in [0.4, 0.5) is 0 Å². The van der Waals surface area contributed by atoms with E-state index in [2.05, 4.69) is 520 Å². The molecule has 2 aliphatic carbocycles. The number of para-hydroxylation sites is 6. The number of hydrogen-bond acceptors (Lipinski definition) is 0. The van der Waals surface area contributed by atoms with Gasteiger partial charge in [0, 0.05) is 61.8 Å². The topological polar surface area (TPSA) is 14.8 Å². The van der Waals surface area contributed by atoms with Crippen LogP contribution in [-0.2, 0) is 19.9 Å². The van der Waals surface area contributed by atoms with E-state index >= 15 is 0 Å². The third-order valence-electron chi connectivity index (χ3n) is 27.1. The van der Waals surface area contributed by atoms with Gasteiger partial charge in [-0.05, 0) is 200 Å². The Morgan fingerprint density at radius 1 is 0.198 bits per heavy atom. The van der Waals surface area contributed by atoms with Crippen LogP contribution in [0.2, 0.25) is 6.55 Å². The Morgan fingerprint density at radius 3 is 0.794 bits per heavy atom. The van der Waals surface area contributed by atoms with Crippen molar-refractivity contribution in [3.63, 3.8) is 0 Å². The number of fused-ring (bicyclic) bond motifs is 15. The highest BCUT2D eigenvalue weighted by Gasteiger charge is 2.44. The SMILES string of the molecule is C[Si](c1ccccc1)(c1ccccc1)c1ccccc1.Cc1cc(-n2c3ccccc3c3ccccc32)cc2c1Cc1ccc([Si](c3ccccc3)(c3ccccc3)c3ccccc3)cc1-2.Cc1cc([Si](c2ccccc2)(c2ccccc2)c2ccccc2)cc2c1Cc1ccc(-n3c4ccccc4c4ccccc43)cc1-2.Cn1c2ccccc2c2ccccc21. The molecule has 0 saturated heterocycles. The normalized spacial score (nSPS) is 12.1. The third-order valence-corrected chi connectivity index (χ3v) is 41.1. The Morgan fingerprint density at radius 2 is 0.444 bits per heavy atom. The summed E-state index contributed by atoms with van der Waals surface area (Å²) in [4.78, 5) is 0. The molecule has 0 spiro atoms. The predicted molar refractivity (Wildman–Crippen MR) is 545 cm³/mol. The fourth-order valence-corrected chi connectivity index (χ4v) is 34.3. The summed E-state index contributed by atoms with van der Waals surface area (Å²) >= 11 is 0. The number of aromatic nitrogens is 3. The average molecular weight is 1660 g/mol. The van der Waals surface area contributed by atoms with E-state index in [1.54, 1.807) is 0 Å². The van der Waals surface area contributed by atoms with Crippen molar-refractivity contribution >= 4 is 147 Å². The summed E-state index contributed by atoms with van der Waals surface area (Å²) < 4.78 is 7.14. The van der Waals surface area contributed by atoms with Crippen molar-refractivity contribution in [1.82, 2.24) is 13.7 Å². The zero-order valence-corrected chi connectivity index (χ0v) is 74.4. The largest absolute Gasteiger partial charge is 0.344 e. The van der Waals surface area contributed by atoms with Crippen molar-refractivity contribution < 1.29 is 0 Å². The summed E-state index contributed by atoms with van der Waals surface area (Å²) in [6, 6.07) is 177. The van der Waals surface area contributed by atoms with Gasteiger partial charge in [0.05, 0.1) is 22.1 Å². The molecule has 3 nitrogen and oxygen atoms in total. The Bertz CT molecular complexity index is 7270. The molecule has 0 fully saturated rings. The van der Waals surface area contributed by atoms with Crippen molar-refractivity contribution in [2.75, 3.05) is 0 Å². The average Bonchev–Trinajstić information content (AvgIpc) is 1.43. The first kappa shape index (κ1) is 78.5. The maximum absolute atomic E-state index is 2.64. The van der Waals surface area contributed by atoms with Crippen LogP contribution in [0.15, 0.2) is 479 Å². The molecule has 0 amide bonds. The highest BCUT2D eigenvalue weighted by molar-refractivity contribution is 7.20. The van der Waals surface area contributed by atoms with Crippen LogP contribution in [-0.4, -0.2) is 37.9 Å². The Hall–Kier alpha value is -14.8. The molecule has 6 heteroatoms. The second-order valence-electron chi connectivity index (χ2n) is 33.9. The first-order chi connectivity index (χ1) is 62.2. The fourth-order valence-electron chi connectivity index (χ4n) is 21.1. The van der Waals surface area contributed by atoms with Crippen LogP contribution in [0.5, 0.6) is 0 Å². The minimum absolute atomic E-state index is 0.973. The summed E-state index contributed by atoms with van der Waals surface area (Å²) in [5.74, 6) is 0. The molecule has 3 heterocycles. The number of rotatable bonds is 13. The molecule has 0 atom stereocenters. The van der Waals surface area contributed by atoms with Gasteiger partial charge in [0.1, 0.15) is 8.07 Å². The van der Waals surface area contributed by atoms with Gasteiger partial charge in [-0.15, -0.1) is 0 Å². The molecule has 0 aliphatic heterocycles. The van der Waals surface area contributed by atoms with Crippen LogP contribution < -0.4 is 57.1 Å². The van der Waals surface area contributed by atoms with Gasteiger partial charge in [0.25, 0.3) is 0 Å². The van der Waals surface area contributed by atoms with Gasteiger partial charge in [-0.3, -0.25) is 0 Å². The maximum Gasteiger partial charge on any atom is 0.179 e. The van der Waals surface area contributed by atoms with E-state index in [1.807, 2.05) is 0 Å². The van der Waals surface area contributed by atoms with E-state index in [0.29, 0.717) is 0 Å². The van der Waals surface area contributed by atoms with Gasteiger partial charge >= 0.3 is 0 Å².